The highest BCUT2D eigenvalue weighted by Crippen LogP contribution is 2.42. The van der Waals surface area contributed by atoms with Crippen LogP contribution in [0.4, 0.5) is 5.69 Å². The van der Waals surface area contributed by atoms with E-state index in [9.17, 15) is 9.90 Å². The van der Waals surface area contributed by atoms with Crippen molar-refractivity contribution in [1.29, 1.82) is 0 Å². The Hall–Kier alpha value is -1.56. The van der Waals surface area contributed by atoms with E-state index >= 15 is 0 Å². The smallest absolute Gasteiger partial charge is 0.274 e. The number of rotatable bonds is 3. The molecule has 5 N–H and O–H groups in total. The molecule has 2 aliphatic rings. The number of hydrogen-bond acceptors (Lipinski definition) is 4. The molecule has 110 valence electrons. The molecule has 1 aromatic heterocycles. The number of aromatic amines is 1. The van der Waals surface area contributed by atoms with Gasteiger partial charge < -0.3 is 16.2 Å². The number of nitrogens with zero attached hydrogens (tertiary/aromatic N) is 1. The zero-order chi connectivity index (χ0) is 14.1. The number of nitrogen functional groups attached to an aromatic ring is 1. The molecule has 0 radical (unpaired) electrons. The summed E-state index contributed by atoms with van der Waals surface area (Å²) < 4.78 is 0. The first-order valence-electron chi connectivity index (χ1n) is 7.49. The topological polar surface area (TPSA) is 104 Å². The fourth-order valence-corrected chi connectivity index (χ4v) is 2.91. The molecule has 0 saturated heterocycles. The fourth-order valence-electron chi connectivity index (χ4n) is 2.91. The first kappa shape index (κ1) is 13.4. The van der Waals surface area contributed by atoms with Gasteiger partial charge in [0.15, 0.2) is 5.69 Å². The fraction of sp³-hybridized carbons (Fsp3) is 0.714. The minimum absolute atomic E-state index is 0.189. The van der Waals surface area contributed by atoms with Crippen LogP contribution in [0.1, 0.15) is 67.0 Å². The zero-order valence-corrected chi connectivity index (χ0v) is 11.6. The molecule has 2 aliphatic carbocycles. The molecule has 0 aromatic carbocycles. The van der Waals surface area contributed by atoms with Crippen LogP contribution in [-0.4, -0.2) is 33.4 Å². The highest BCUT2D eigenvalue weighted by molar-refractivity contribution is 5.98. The lowest BCUT2D eigenvalue weighted by Gasteiger charge is -2.21. The van der Waals surface area contributed by atoms with E-state index in [0.717, 1.165) is 50.6 Å². The second kappa shape index (κ2) is 5.44. The largest absolute Gasteiger partial charge is 0.395 e. The third-order valence-electron chi connectivity index (χ3n) is 4.33. The average molecular weight is 278 g/mol. The van der Waals surface area contributed by atoms with Crippen molar-refractivity contribution in [2.75, 3.05) is 5.73 Å². The number of nitrogens with one attached hydrogen (secondary N) is 2. The van der Waals surface area contributed by atoms with E-state index in [1.54, 1.807) is 0 Å². The first-order valence-corrected chi connectivity index (χ1v) is 7.49. The van der Waals surface area contributed by atoms with Crippen LogP contribution in [0.2, 0.25) is 0 Å². The summed E-state index contributed by atoms with van der Waals surface area (Å²) in [4.78, 5) is 12.3. The van der Waals surface area contributed by atoms with Crippen molar-refractivity contribution >= 4 is 11.6 Å². The van der Waals surface area contributed by atoms with E-state index < -0.39 is 6.10 Å². The third kappa shape index (κ3) is 2.65. The van der Waals surface area contributed by atoms with Gasteiger partial charge in [-0.1, -0.05) is 19.3 Å². The molecular weight excluding hydrogens is 256 g/mol. The molecule has 0 bridgehead atoms. The predicted octanol–water partition coefficient (Wildman–Crippen LogP) is 1.29. The number of carbonyl (C=O) groups is 1. The highest BCUT2D eigenvalue weighted by Gasteiger charge is 2.31. The molecule has 2 saturated carbocycles. The number of hydrogen-bond donors (Lipinski definition) is 4. The van der Waals surface area contributed by atoms with Gasteiger partial charge in [0, 0.05) is 5.92 Å². The monoisotopic (exact) mass is 278 g/mol. The summed E-state index contributed by atoms with van der Waals surface area (Å²) >= 11 is 0. The lowest BCUT2D eigenvalue weighted by atomic mass is 10.1. The van der Waals surface area contributed by atoms with Gasteiger partial charge in [-0.2, -0.15) is 5.10 Å². The van der Waals surface area contributed by atoms with Crippen LogP contribution in [0.25, 0.3) is 0 Å². The van der Waals surface area contributed by atoms with Crippen molar-refractivity contribution in [1.82, 2.24) is 15.5 Å². The van der Waals surface area contributed by atoms with Crippen LogP contribution >= 0.6 is 0 Å². The molecular formula is C14H22N4O2. The maximum atomic E-state index is 12.3. The Morgan fingerprint density at radius 1 is 1.25 bits per heavy atom. The number of carbonyl (C=O) groups excluding carboxylic acids is 1. The third-order valence-corrected chi connectivity index (χ3v) is 4.33. The molecule has 1 aromatic rings. The molecule has 0 aliphatic heterocycles. The van der Waals surface area contributed by atoms with Crippen LogP contribution in [0, 0.1) is 0 Å². The lowest BCUT2D eigenvalue weighted by molar-refractivity contribution is 0.0815. The summed E-state index contributed by atoms with van der Waals surface area (Å²) in [5.74, 6) is 0.157. The number of amides is 1. The predicted molar refractivity (Wildman–Crippen MR) is 75.3 cm³/mol. The molecule has 1 amide bonds. The van der Waals surface area contributed by atoms with Crippen molar-refractivity contribution in [3.8, 4) is 0 Å². The van der Waals surface area contributed by atoms with Gasteiger partial charge in [0.2, 0.25) is 0 Å². The van der Waals surface area contributed by atoms with Gasteiger partial charge >= 0.3 is 0 Å². The van der Waals surface area contributed by atoms with Gasteiger partial charge in [-0.3, -0.25) is 9.89 Å². The Bertz CT molecular complexity index is 495. The Morgan fingerprint density at radius 2 is 2.00 bits per heavy atom. The summed E-state index contributed by atoms with van der Waals surface area (Å²) in [5, 5.41) is 19.9. The number of aliphatic hydroxyl groups excluding tert-OH is 1. The maximum Gasteiger partial charge on any atom is 0.274 e. The average Bonchev–Trinajstić information content (AvgIpc) is 3.21. The van der Waals surface area contributed by atoms with E-state index in [4.69, 9.17) is 5.73 Å². The summed E-state index contributed by atoms with van der Waals surface area (Å²) in [5.41, 5.74) is 7.62. The minimum Gasteiger partial charge on any atom is -0.395 e. The summed E-state index contributed by atoms with van der Waals surface area (Å²) in [7, 11) is 0. The Balaban J connectivity index is 1.69. The van der Waals surface area contributed by atoms with Gasteiger partial charge in [-0.05, 0) is 25.7 Å². The number of nitrogens with two attached hydrogens (primary N) is 1. The van der Waals surface area contributed by atoms with Crippen molar-refractivity contribution in [2.24, 2.45) is 0 Å². The molecule has 0 spiro atoms. The Labute approximate surface area is 118 Å². The second-order valence-corrected chi connectivity index (χ2v) is 5.96. The molecule has 2 fully saturated rings. The summed E-state index contributed by atoms with van der Waals surface area (Å²) in [6.45, 7) is 0. The van der Waals surface area contributed by atoms with Crippen LogP contribution in [0.5, 0.6) is 0 Å². The van der Waals surface area contributed by atoms with E-state index in [-0.39, 0.29) is 17.6 Å². The summed E-state index contributed by atoms with van der Waals surface area (Å²) in [6.07, 6.45) is 6.46. The van der Waals surface area contributed by atoms with Crippen LogP contribution in [0.3, 0.4) is 0 Å². The van der Waals surface area contributed by atoms with Gasteiger partial charge in [0.1, 0.15) is 0 Å². The number of aliphatic hydroxyl groups is 1. The quantitative estimate of drug-likeness (QED) is 0.625. The van der Waals surface area contributed by atoms with Crippen molar-refractivity contribution in [3.63, 3.8) is 0 Å². The Morgan fingerprint density at radius 3 is 2.75 bits per heavy atom. The van der Waals surface area contributed by atoms with Gasteiger partial charge in [-0.25, -0.2) is 0 Å². The van der Waals surface area contributed by atoms with E-state index in [2.05, 4.69) is 15.5 Å². The first-order chi connectivity index (χ1) is 9.66. The van der Waals surface area contributed by atoms with Crippen molar-refractivity contribution < 1.29 is 9.90 Å². The second-order valence-electron chi connectivity index (χ2n) is 5.96. The number of aromatic nitrogens is 2. The summed E-state index contributed by atoms with van der Waals surface area (Å²) in [6, 6.07) is -0.189. The molecule has 6 heteroatoms. The van der Waals surface area contributed by atoms with E-state index in [1.165, 1.54) is 0 Å². The zero-order valence-electron chi connectivity index (χ0n) is 11.6. The maximum absolute atomic E-state index is 12.3. The Kier molecular flexibility index (Phi) is 3.65. The van der Waals surface area contributed by atoms with Crippen LogP contribution in [-0.2, 0) is 0 Å². The van der Waals surface area contributed by atoms with Crippen LogP contribution in [0.15, 0.2) is 0 Å². The molecule has 6 nitrogen and oxygen atoms in total. The molecule has 20 heavy (non-hydrogen) atoms. The van der Waals surface area contributed by atoms with Crippen LogP contribution < -0.4 is 11.1 Å². The van der Waals surface area contributed by atoms with Gasteiger partial charge in [0.25, 0.3) is 5.91 Å². The van der Waals surface area contributed by atoms with E-state index in [0.29, 0.717) is 11.6 Å². The highest BCUT2D eigenvalue weighted by atomic mass is 16.3. The molecule has 2 atom stereocenters. The lowest BCUT2D eigenvalue weighted by Crippen LogP contribution is -2.43. The van der Waals surface area contributed by atoms with Gasteiger partial charge in [0.05, 0.1) is 23.5 Å². The molecule has 2 unspecified atom stereocenters. The number of anilines is 1. The SMILES string of the molecule is Nc1c(C(=O)NC2CCCCCC2O)n[nH]c1C1CC1. The minimum atomic E-state index is -0.468. The van der Waals surface area contributed by atoms with E-state index in [1.807, 2.05) is 0 Å². The van der Waals surface area contributed by atoms with Crippen molar-refractivity contribution in [3.05, 3.63) is 11.4 Å². The van der Waals surface area contributed by atoms with Crippen molar-refractivity contribution in [2.45, 2.75) is 63.0 Å². The normalized spacial score (nSPS) is 27.1. The molecule has 3 rings (SSSR count). The number of H-pyrrole nitrogens is 1. The molecule has 1 heterocycles. The standard InChI is InChI=1S/C14H22N4O2/c15-11-12(8-6-7-8)17-18-13(11)14(20)16-9-4-2-1-3-5-10(9)19/h8-10,19H,1-7,15H2,(H,16,20)(H,17,18). The van der Waals surface area contributed by atoms with Gasteiger partial charge in [-0.15, -0.1) is 0 Å².